The van der Waals surface area contributed by atoms with Crippen molar-refractivity contribution in [1.29, 1.82) is 0 Å². The van der Waals surface area contributed by atoms with Crippen molar-refractivity contribution in [3.8, 4) is 0 Å². The van der Waals surface area contributed by atoms with Crippen molar-refractivity contribution in [3.05, 3.63) is 39.4 Å². The predicted octanol–water partition coefficient (Wildman–Crippen LogP) is 4.35. The zero-order valence-corrected chi connectivity index (χ0v) is 12.7. The van der Waals surface area contributed by atoms with Crippen molar-refractivity contribution in [1.82, 2.24) is 5.32 Å². The minimum absolute atomic E-state index is 0.212. The third kappa shape index (κ3) is 6.15. The first-order chi connectivity index (χ1) is 9.65. The summed E-state index contributed by atoms with van der Waals surface area (Å²) >= 11 is 0. The molecule has 0 fully saturated rings. The first-order valence-corrected chi connectivity index (χ1v) is 7.59. The van der Waals surface area contributed by atoms with E-state index in [1.165, 1.54) is 38.5 Å². The van der Waals surface area contributed by atoms with Crippen LogP contribution in [0.1, 0.15) is 56.6 Å². The minimum Gasteiger partial charge on any atom is -0.313 e. The lowest BCUT2D eigenvalue weighted by Crippen LogP contribution is -2.14. The van der Waals surface area contributed by atoms with E-state index in [0.29, 0.717) is 6.54 Å². The summed E-state index contributed by atoms with van der Waals surface area (Å²) in [5.41, 5.74) is 1.91. The maximum atomic E-state index is 10.9. The summed E-state index contributed by atoms with van der Waals surface area (Å²) in [5, 5.41) is 14.2. The van der Waals surface area contributed by atoms with Crippen LogP contribution in [0, 0.1) is 17.0 Å². The number of rotatable bonds is 10. The zero-order chi connectivity index (χ0) is 14.8. The van der Waals surface area contributed by atoms with E-state index < -0.39 is 0 Å². The highest BCUT2D eigenvalue weighted by Gasteiger charge is 2.10. The van der Waals surface area contributed by atoms with Gasteiger partial charge in [-0.1, -0.05) is 51.2 Å². The van der Waals surface area contributed by atoms with Gasteiger partial charge in [-0.25, -0.2) is 0 Å². The summed E-state index contributed by atoms with van der Waals surface area (Å²) in [7, 11) is 0. The summed E-state index contributed by atoms with van der Waals surface area (Å²) < 4.78 is 0. The molecule has 1 N–H and O–H groups in total. The average Bonchev–Trinajstić information content (AvgIpc) is 2.43. The number of hydrogen-bond donors (Lipinski definition) is 1. The number of hydrogen-bond acceptors (Lipinski definition) is 3. The Bertz CT molecular complexity index is 419. The zero-order valence-electron chi connectivity index (χ0n) is 12.7. The van der Waals surface area contributed by atoms with Gasteiger partial charge < -0.3 is 5.32 Å². The van der Waals surface area contributed by atoms with Crippen LogP contribution in [0.4, 0.5) is 5.69 Å². The number of nitrogens with one attached hydrogen (secondary N) is 1. The van der Waals surface area contributed by atoms with Crippen molar-refractivity contribution < 1.29 is 4.92 Å². The van der Waals surface area contributed by atoms with E-state index in [1.54, 1.807) is 13.0 Å². The van der Waals surface area contributed by atoms with Crippen molar-refractivity contribution in [2.45, 2.75) is 58.9 Å². The Balaban J connectivity index is 2.22. The van der Waals surface area contributed by atoms with Crippen LogP contribution in [0.25, 0.3) is 0 Å². The van der Waals surface area contributed by atoms with Crippen LogP contribution in [0.15, 0.2) is 18.2 Å². The highest BCUT2D eigenvalue weighted by molar-refractivity contribution is 5.42. The smallest absolute Gasteiger partial charge is 0.272 e. The van der Waals surface area contributed by atoms with Gasteiger partial charge in [0.15, 0.2) is 0 Å². The second-order valence-electron chi connectivity index (χ2n) is 5.32. The van der Waals surface area contributed by atoms with Crippen molar-refractivity contribution >= 4 is 5.69 Å². The largest absolute Gasteiger partial charge is 0.313 e. The second kappa shape index (κ2) is 9.48. The van der Waals surface area contributed by atoms with Gasteiger partial charge in [-0.15, -0.1) is 0 Å². The Kier molecular flexibility index (Phi) is 7.88. The standard InChI is InChI=1S/C16H26N2O2/c1-3-4-5-6-7-8-11-17-13-15-10-9-14(2)16(12-15)18(19)20/h9-10,12,17H,3-8,11,13H2,1-2H3. The molecular formula is C16H26N2O2. The fraction of sp³-hybridized carbons (Fsp3) is 0.625. The van der Waals surface area contributed by atoms with E-state index in [0.717, 1.165) is 17.7 Å². The number of aryl methyl sites for hydroxylation is 1. The SMILES string of the molecule is CCCCCCCCNCc1ccc(C)c([N+](=O)[O-])c1. The number of nitrogens with zero attached hydrogens (tertiary/aromatic N) is 1. The molecule has 1 aromatic rings. The Morgan fingerprint density at radius 1 is 1.15 bits per heavy atom. The number of nitro benzene ring substituents is 1. The lowest BCUT2D eigenvalue weighted by atomic mass is 10.1. The Morgan fingerprint density at radius 2 is 1.85 bits per heavy atom. The van der Waals surface area contributed by atoms with Crippen LogP contribution in [-0.2, 0) is 6.54 Å². The summed E-state index contributed by atoms with van der Waals surface area (Å²) in [4.78, 5) is 10.5. The number of benzene rings is 1. The molecule has 0 atom stereocenters. The first-order valence-electron chi connectivity index (χ1n) is 7.59. The molecule has 0 aliphatic heterocycles. The monoisotopic (exact) mass is 278 g/mol. The Labute approximate surface area is 121 Å². The molecule has 0 unspecified atom stereocenters. The lowest BCUT2D eigenvalue weighted by Gasteiger charge is -2.06. The van der Waals surface area contributed by atoms with E-state index in [9.17, 15) is 10.1 Å². The minimum atomic E-state index is -0.313. The Morgan fingerprint density at radius 3 is 2.55 bits per heavy atom. The van der Waals surface area contributed by atoms with Crippen LogP contribution in [0.3, 0.4) is 0 Å². The van der Waals surface area contributed by atoms with Gasteiger partial charge in [-0.05, 0) is 25.5 Å². The van der Waals surface area contributed by atoms with Gasteiger partial charge in [0.05, 0.1) is 4.92 Å². The molecule has 0 heterocycles. The molecule has 112 valence electrons. The average molecular weight is 278 g/mol. The van der Waals surface area contributed by atoms with Crippen molar-refractivity contribution in [2.75, 3.05) is 6.54 Å². The molecule has 0 aromatic heterocycles. The highest BCUT2D eigenvalue weighted by Crippen LogP contribution is 2.19. The molecule has 20 heavy (non-hydrogen) atoms. The van der Waals surface area contributed by atoms with Gasteiger partial charge in [0.2, 0.25) is 0 Å². The molecule has 0 spiro atoms. The van der Waals surface area contributed by atoms with Crippen LogP contribution in [-0.4, -0.2) is 11.5 Å². The fourth-order valence-corrected chi connectivity index (χ4v) is 2.22. The highest BCUT2D eigenvalue weighted by atomic mass is 16.6. The van der Waals surface area contributed by atoms with Gasteiger partial charge in [-0.2, -0.15) is 0 Å². The molecule has 1 aromatic carbocycles. The predicted molar refractivity (Wildman–Crippen MR) is 82.9 cm³/mol. The molecule has 0 aliphatic carbocycles. The van der Waals surface area contributed by atoms with E-state index >= 15 is 0 Å². The van der Waals surface area contributed by atoms with Gasteiger partial charge >= 0.3 is 0 Å². The van der Waals surface area contributed by atoms with E-state index in [2.05, 4.69) is 12.2 Å². The van der Waals surface area contributed by atoms with Crippen molar-refractivity contribution in [2.24, 2.45) is 0 Å². The molecule has 0 aliphatic rings. The molecule has 1 rings (SSSR count). The summed E-state index contributed by atoms with van der Waals surface area (Å²) in [6.07, 6.45) is 7.70. The molecule has 0 radical (unpaired) electrons. The maximum absolute atomic E-state index is 10.9. The van der Waals surface area contributed by atoms with E-state index in [4.69, 9.17) is 0 Å². The molecular weight excluding hydrogens is 252 g/mol. The third-order valence-corrected chi connectivity index (χ3v) is 3.51. The summed E-state index contributed by atoms with van der Waals surface area (Å²) in [5.74, 6) is 0. The molecule has 4 nitrogen and oxygen atoms in total. The van der Waals surface area contributed by atoms with Gasteiger partial charge in [-0.3, -0.25) is 10.1 Å². The maximum Gasteiger partial charge on any atom is 0.272 e. The lowest BCUT2D eigenvalue weighted by molar-refractivity contribution is -0.385. The Hall–Kier alpha value is -1.42. The van der Waals surface area contributed by atoms with Crippen LogP contribution in [0.5, 0.6) is 0 Å². The first kappa shape index (κ1) is 16.6. The number of unbranched alkanes of at least 4 members (excludes halogenated alkanes) is 5. The van der Waals surface area contributed by atoms with E-state index in [-0.39, 0.29) is 10.6 Å². The van der Waals surface area contributed by atoms with E-state index in [1.807, 2.05) is 12.1 Å². The molecule has 0 amide bonds. The molecule has 4 heteroatoms. The van der Waals surface area contributed by atoms with Crippen LogP contribution < -0.4 is 5.32 Å². The summed E-state index contributed by atoms with van der Waals surface area (Å²) in [6.45, 7) is 5.68. The molecule has 0 saturated heterocycles. The topological polar surface area (TPSA) is 55.2 Å². The summed E-state index contributed by atoms with van der Waals surface area (Å²) in [6, 6.07) is 5.44. The molecule has 0 saturated carbocycles. The third-order valence-electron chi connectivity index (χ3n) is 3.51. The van der Waals surface area contributed by atoms with Gasteiger partial charge in [0.1, 0.15) is 0 Å². The fourth-order valence-electron chi connectivity index (χ4n) is 2.22. The van der Waals surface area contributed by atoms with Gasteiger partial charge in [0.25, 0.3) is 5.69 Å². The van der Waals surface area contributed by atoms with Crippen LogP contribution in [0.2, 0.25) is 0 Å². The number of nitro groups is 1. The second-order valence-corrected chi connectivity index (χ2v) is 5.32. The molecule has 0 bridgehead atoms. The quantitative estimate of drug-likeness (QED) is 0.393. The van der Waals surface area contributed by atoms with Crippen molar-refractivity contribution in [3.63, 3.8) is 0 Å². The normalized spacial score (nSPS) is 10.7. The van der Waals surface area contributed by atoms with Crippen LogP contribution >= 0.6 is 0 Å². The van der Waals surface area contributed by atoms with Gasteiger partial charge in [0, 0.05) is 18.2 Å².